The van der Waals surface area contributed by atoms with Crippen molar-refractivity contribution in [1.82, 2.24) is 20.4 Å². The molecule has 0 radical (unpaired) electrons. The fraction of sp³-hybridized carbons (Fsp3) is 0.200. The van der Waals surface area contributed by atoms with Gasteiger partial charge in [-0.1, -0.05) is 70.8 Å². The standard InChI is InChI=1S/C15H12ClFN6O2S4/c1-2-26-14-22-20-12(28-14)18-9(24)6-27-15-23-21-13(29-15)19-11(25)10-7(16)4-3-5-8(10)17/h3-5H,2,6H2,1H3,(H,18,20,24)(H,19,21,25). The molecule has 1 aromatic carbocycles. The number of nitrogens with one attached hydrogen (secondary N) is 2. The summed E-state index contributed by atoms with van der Waals surface area (Å²) in [6.07, 6.45) is 0. The highest BCUT2D eigenvalue weighted by molar-refractivity contribution is 8.01. The highest BCUT2D eigenvalue weighted by atomic mass is 35.5. The first-order valence-electron chi connectivity index (χ1n) is 7.94. The zero-order valence-electron chi connectivity index (χ0n) is 14.6. The van der Waals surface area contributed by atoms with Crippen molar-refractivity contribution in [3.05, 3.63) is 34.6 Å². The molecule has 3 rings (SSSR count). The van der Waals surface area contributed by atoms with Gasteiger partial charge in [-0.05, 0) is 17.9 Å². The van der Waals surface area contributed by atoms with Crippen molar-refractivity contribution in [2.45, 2.75) is 15.6 Å². The molecular weight excluding hydrogens is 479 g/mol. The van der Waals surface area contributed by atoms with Gasteiger partial charge < -0.3 is 0 Å². The molecule has 0 saturated heterocycles. The number of hydrogen-bond donors (Lipinski definition) is 2. The zero-order chi connectivity index (χ0) is 20.8. The second-order valence-corrected chi connectivity index (χ2v) is 10.2. The molecule has 152 valence electrons. The second kappa shape index (κ2) is 10.3. The van der Waals surface area contributed by atoms with Crippen LogP contribution >= 0.6 is 57.8 Å². The molecule has 2 amide bonds. The third kappa shape index (κ3) is 6.09. The van der Waals surface area contributed by atoms with Crippen LogP contribution in [0, 0.1) is 5.82 Å². The molecule has 29 heavy (non-hydrogen) atoms. The lowest BCUT2D eigenvalue weighted by Crippen LogP contribution is -2.14. The minimum Gasteiger partial charge on any atom is -0.300 e. The Hall–Kier alpha value is -1.80. The summed E-state index contributed by atoms with van der Waals surface area (Å²) in [5.74, 6) is -0.772. The number of hydrogen-bond acceptors (Lipinski definition) is 10. The number of carbonyl (C=O) groups excluding carboxylic acids is 2. The van der Waals surface area contributed by atoms with E-state index in [1.165, 1.54) is 23.5 Å². The van der Waals surface area contributed by atoms with Gasteiger partial charge in [0.05, 0.1) is 16.3 Å². The number of halogens is 2. The van der Waals surface area contributed by atoms with Crippen LogP contribution < -0.4 is 10.6 Å². The van der Waals surface area contributed by atoms with E-state index >= 15 is 0 Å². The molecular formula is C15H12ClFN6O2S4. The van der Waals surface area contributed by atoms with Crippen molar-refractivity contribution in [2.75, 3.05) is 22.1 Å². The number of aromatic nitrogens is 4. The summed E-state index contributed by atoms with van der Waals surface area (Å²) in [6.45, 7) is 2.00. The predicted octanol–water partition coefficient (Wildman–Crippen LogP) is 4.28. The third-order valence-electron chi connectivity index (χ3n) is 3.06. The molecule has 14 heteroatoms. The normalized spacial score (nSPS) is 10.7. The summed E-state index contributed by atoms with van der Waals surface area (Å²) in [6, 6.07) is 3.97. The molecule has 2 heterocycles. The zero-order valence-corrected chi connectivity index (χ0v) is 18.7. The summed E-state index contributed by atoms with van der Waals surface area (Å²) in [5, 5.41) is 21.3. The maximum absolute atomic E-state index is 13.8. The van der Waals surface area contributed by atoms with Crippen LogP contribution in [-0.2, 0) is 4.79 Å². The molecule has 2 N–H and O–H groups in total. The van der Waals surface area contributed by atoms with E-state index in [9.17, 15) is 14.0 Å². The molecule has 8 nitrogen and oxygen atoms in total. The van der Waals surface area contributed by atoms with E-state index in [0.29, 0.717) is 9.47 Å². The monoisotopic (exact) mass is 490 g/mol. The molecule has 0 aliphatic heterocycles. The number of benzene rings is 1. The summed E-state index contributed by atoms with van der Waals surface area (Å²) >= 11 is 10.9. The van der Waals surface area contributed by atoms with Crippen molar-refractivity contribution in [2.24, 2.45) is 0 Å². The molecule has 0 fully saturated rings. The van der Waals surface area contributed by atoms with Crippen LogP contribution in [0.5, 0.6) is 0 Å². The molecule has 0 bridgehead atoms. The average Bonchev–Trinajstić information content (AvgIpc) is 3.29. The third-order valence-corrected chi connectivity index (χ3v) is 7.21. The summed E-state index contributed by atoms with van der Waals surface area (Å²) in [7, 11) is 0. The molecule has 0 atom stereocenters. The Bertz CT molecular complexity index is 1010. The smallest absolute Gasteiger partial charge is 0.261 e. The largest absolute Gasteiger partial charge is 0.300 e. The number of thioether (sulfide) groups is 2. The number of rotatable bonds is 8. The first kappa shape index (κ1) is 21.9. The van der Waals surface area contributed by atoms with Crippen molar-refractivity contribution in [3.8, 4) is 0 Å². The van der Waals surface area contributed by atoms with Gasteiger partial charge in [-0.15, -0.1) is 20.4 Å². The average molecular weight is 491 g/mol. The molecule has 0 saturated carbocycles. The molecule has 0 aliphatic carbocycles. The first-order chi connectivity index (χ1) is 14.0. The van der Waals surface area contributed by atoms with Gasteiger partial charge >= 0.3 is 0 Å². The van der Waals surface area contributed by atoms with E-state index in [2.05, 4.69) is 31.0 Å². The maximum atomic E-state index is 13.8. The SMILES string of the molecule is CCSc1nnc(NC(=O)CSc2nnc(NC(=O)c3c(F)cccc3Cl)s2)s1. The lowest BCUT2D eigenvalue weighted by Gasteiger charge is -2.04. The Balaban J connectivity index is 1.52. The Morgan fingerprint density at radius 3 is 2.38 bits per heavy atom. The number of carbonyl (C=O) groups is 2. The van der Waals surface area contributed by atoms with Crippen molar-refractivity contribution in [3.63, 3.8) is 0 Å². The van der Waals surface area contributed by atoms with Crippen LogP contribution in [0.15, 0.2) is 26.9 Å². The van der Waals surface area contributed by atoms with Crippen molar-refractivity contribution >= 4 is 79.9 Å². The van der Waals surface area contributed by atoms with Crippen molar-refractivity contribution in [1.29, 1.82) is 0 Å². The minimum atomic E-state index is -0.733. The minimum absolute atomic E-state index is 0.00421. The fourth-order valence-corrected chi connectivity index (χ4v) is 5.38. The van der Waals surface area contributed by atoms with Gasteiger partial charge in [-0.3, -0.25) is 20.2 Å². The predicted molar refractivity (Wildman–Crippen MR) is 115 cm³/mol. The Labute approximate surface area is 186 Å². The van der Waals surface area contributed by atoms with Gasteiger partial charge in [0.15, 0.2) is 8.68 Å². The fourth-order valence-electron chi connectivity index (χ4n) is 1.92. The van der Waals surface area contributed by atoms with E-state index < -0.39 is 11.7 Å². The summed E-state index contributed by atoms with van der Waals surface area (Å²) in [5.41, 5.74) is -0.268. The summed E-state index contributed by atoms with van der Waals surface area (Å²) < 4.78 is 15.1. The highest BCUT2D eigenvalue weighted by Gasteiger charge is 2.18. The number of anilines is 2. The van der Waals surface area contributed by atoms with Crippen LogP contribution in [0.1, 0.15) is 17.3 Å². The van der Waals surface area contributed by atoms with Gasteiger partial charge in [-0.2, -0.15) is 0 Å². The van der Waals surface area contributed by atoms with Crippen LogP contribution in [0.4, 0.5) is 14.7 Å². The van der Waals surface area contributed by atoms with E-state index in [-0.39, 0.29) is 27.4 Å². The van der Waals surface area contributed by atoms with Gasteiger partial charge in [0.1, 0.15) is 5.82 Å². The van der Waals surface area contributed by atoms with E-state index in [1.807, 2.05) is 6.92 Å². The molecule has 0 spiro atoms. The summed E-state index contributed by atoms with van der Waals surface area (Å²) in [4.78, 5) is 24.2. The lowest BCUT2D eigenvalue weighted by atomic mass is 10.2. The van der Waals surface area contributed by atoms with Crippen molar-refractivity contribution < 1.29 is 14.0 Å². The molecule has 2 aromatic heterocycles. The Morgan fingerprint density at radius 1 is 1.07 bits per heavy atom. The van der Waals surface area contributed by atoms with E-state index in [0.717, 1.165) is 39.3 Å². The molecule has 0 unspecified atom stereocenters. The van der Waals surface area contributed by atoms with E-state index in [1.54, 1.807) is 11.8 Å². The molecule has 0 aliphatic rings. The van der Waals surface area contributed by atoms with Gasteiger partial charge in [0.2, 0.25) is 16.2 Å². The lowest BCUT2D eigenvalue weighted by molar-refractivity contribution is -0.113. The topological polar surface area (TPSA) is 110 Å². The quantitative estimate of drug-likeness (QED) is 0.355. The van der Waals surface area contributed by atoms with Crippen LogP contribution in [0.2, 0.25) is 5.02 Å². The Morgan fingerprint density at radius 2 is 1.72 bits per heavy atom. The highest BCUT2D eigenvalue weighted by Crippen LogP contribution is 2.28. The molecule has 3 aromatic rings. The van der Waals surface area contributed by atoms with Gasteiger partial charge in [0, 0.05) is 0 Å². The van der Waals surface area contributed by atoms with E-state index in [4.69, 9.17) is 11.6 Å². The number of amides is 2. The van der Waals surface area contributed by atoms with Crippen LogP contribution in [0.3, 0.4) is 0 Å². The van der Waals surface area contributed by atoms with Gasteiger partial charge in [-0.25, -0.2) is 4.39 Å². The number of nitrogens with zero attached hydrogens (tertiary/aromatic N) is 4. The second-order valence-electron chi connectivity index (χ2n) is 5.07. The van der Waals surface area contributed by atoms with Gasteiger partial charge in [0.25, 0.3) is 5.91 Å². The maximum Gasteiger partial charge on any atom is 0.261 e. The van der Waals surface area contributed by atoms with Crippen LogP contribution in [0.25, 0.3) is 0 Å². The van der Waals surface area contributed by atoms with Crippen LogP contribution in [-0.4, -0.2) is 43.7 Å². The Kier molecular flexibility index (Phi) is 7.77. The first-order valence-corrected chi connectivity index (χ1v) is 11.9.